The standard InChI is InChI=1S/C21H29N3O2/c1-17-14-18(2)16-23(15-17)12-6-7-13-26-20-10-11-21(25)24(22-20)19-8-4-3-5-9-19/h3-5,8-11,17-18H,6-7,12-16H2,1-2H3. The highest BCUT2D eigenvalue weighted by Gasteiger charge is 2.20. The third-order valence-corrected chi connectivity index (χ3v) is 4.84. The lowest BCUT2D eigenvalue weighted by Crippen LogP contribution is -2.39. The fraction of sp³-hybridized carbons (Fsp3) is 0.524. The number of unbranched alkanes of at least 4 members (excludes halogenated alkanes) is 1. The van der Waals surface area contributed by atoms with Crippen LogP contribution in [-0.4, -0.2) is 40.9 Å². The first kappa shape index (κ1) is 18.6. The number of nitrogens with zero attached hydrogens (tertiary/aromatic N) is 3. The number of piperidine rings is 1. The fourth-order valence-electron chi connectivity index (χ4n) is 3.81. The molecular formula is C21H29N3O2. The van der Waals surface area contributed by atoms with Crippen molar-refractivity contribution >= 4 is 0 Å². The fourth-order valence-corrected chi connectivity index (χ4v) is 3.81. The molecule has 5 nitrogen and oxygen atoms in total. The number of rotatable bonds is 7. The van der Waals surface area contributed by atoms with E-state index in [9.17, 15) is 4.79 Å². The van der Waals surface area contributed by atoms with Crippen molar-refractivity contribution in [3.8, 4) is 11.6 Å². The van der Waals surface area contributed by atoms with Gasteiger partial charge < -0.3 is 9.64 Å². The number of benzene rings is 1. The average molecular weight is 355 g/mol. The maximum absolute atomic E-state index is 12.0. The minimum atomic E-state index is -0.156. The Morgan fingerprint density at radius 2 is 1.77 bits per heavy atom. The lowest BCUT2D eigenvalue weighted by molar-refractivity contribution is 0.136. The van der Waals surface area contributed by atoms with Gasteiger partial charge in [-0.25, -0.2) is 0 Å². The van der Waals surface area contributed by atoms with Crippen molar-refractivity contribution in [3.63, 3.8) is 0 Å². The third kappa shape index (κ3) is 5.18. The zero-order valence-electron chi connectivity index (χ0n) is 15.8. The predicted molar refractivity (Wildman–Crippen MR) is 104 cm³/mol. The number of hydrogen-bond donors (Lipinski definition) is 0. The van der Waals surface area contributed by atoms with Crippen LogP contribution in [0.5, 0.6) is 5.88 Å². The topological polar surface area (TPSA) is 47.4 Å². The molecule has 0 saturated carbocycles. The lowest BCUT2D eigenvalue weighted by atomic mass is 9.92. The smallest absolute Gasteiger partial charge is 0.271 e. The second-order valence-electron chi connectivity index (χ2n) is 7.52. The van der Waals surface area contributed by atoms with Gasteiger partial charge in [-0.2, -0.15) is 4.68 Å². The molecule has 5 heteroatoms. The van der Waals surface area contributed by atoms with E-state index in [1.165, 1.54) is 30.3 Å². The Morgan fingerprint density at radius 1 is 1.04 bits per heavy atom. The molecule has 0 radical (unpaired) electrons. The molecule has 2 heterocycles. The monoisotopic (exact) mass is 355 g/mol. The van der Waals surface area contributed by atoms with E-state index in [4.69, 9.17) is 4.74 Å². The summed E-state index contributed by atoms with van der Waals surface area (Å²) in [7, 11) is 0. The molecule has 2 aromatic rings. The molecule has 26 heavy (non-hydrogen) atoms. The van der Waals surface area contributed by atoms with Crippen LogP contribution < -0.4 is 10.3 Å². The summed E-state index contributed by atoms with van der Waals surface area (Å²) in [6, 6.07) is 12.6. The van der Waals surface area contributed by atoms with Crippen LogP contribution in [0.25, 0.3) is 5.69 Å². The SMILES string of the molecule is CC1CC(C)CN(CCCCOc2ccc(=O)n(-c3ccccc3)n2)C1. The van der Waals surface area contributed by atoms with Crippen molar-refractivity contribution in [3.05, 3.63) is 52.8 Å². The molecule has 3 rings (SSSR count). The average Bonchev–Trinajstić information content (AvgIpc) is 2.63. The molecule has 2 atom stereocenters. The Balaban J connectivity index is 1.46. The van der Waals surface area contributed by atoms with Gasteiger partial charge in [-0.15, -0.1) is 5.10 Å². The molecule has 1 aromatic carbocycles. The maximum Gasteiger partial charge on any atom is 0.271 e. The Kier molecular flexibility index (Phi) is 6.45. The molecule has 1 fully saturated rings. The van der Waals surface area contributed by atoms with Crippen molar-refractivity contribution in [2.75, 3.05) is 26.2 Å². The van der Waals surface area contributed by atoms with Crippen molar-refractivity contribution < 1.29 is 4.74 Å². The summed E-state index contributed by atoms with van der Waals surface area (Å²) in [5.74, 6) is 2.10. The van der Waals surface area contributed by atoms with E-state index in [1.54, 1.807) is 6.07 Å². The molecule has 1 aromatic heterocycles. The molecule has 140 valence electrons. The van der Waals surface area contributed by atoms with Gasteiger partial charge in [0.15, 0.2) is 0 Å². The summed E-state index contributed by atoms with van der Waals surface area (Å²) in [5.41, 5.74) is 0.591. The first-order valence-corrected chi connectivity index (χ1v) is 9.63. The Hall–Kier alpha value is -2.14. The van der Waals surface area contributed by atoms with E-state index < -0.39 is 0 Å². The highest BCUT2D eigenvalue weighted by molar-refractivity contribution is 5.30. The van der Waals surface area contributed by atoms with Crippen LogP contribution in [0, 0.1) is 11.8 Å². The maximum atomic E-state index is 12.0. The van der Waals surface area contributed by atoms with Gasteiger partial charge in [0.1, 0.15) is 0 Å². The number of hydrogen-bond acceptors (Lipinski definition) is 4. The van der Waals surface area contributed by atoms with Gasteiger partial charge in [0.25, 0.3) is 5.56 Å². The highest BCUT2D eigenvalue weighted by Crippen LogP contribution is 2.21. The zero-order chi connectivity index (χ0) is 18.4. The molecule has 0 N–H and O–H groups in total. The van der Waals surface area contributed by atoms with Gasteiger partial charge in [-0.1, -0.05) is 32.0 Å². The largest absolute Gasteiger partial charge is 0.477 e. The van der Waals surface area contributed by atoms with E-state index >= 15 is 0 Å². The third-order valence-electron chi connectivity index (χ3n) is 4.84. The van der Waals surface area contributed by atoms with Crippen LogP contribution in [0.2, 0.25) is 0 Å². The number of para-hydroxylation sites is 1. The lowest BCUT2D eigenvalue weighted by Gasteiger charge is -2.34. The Bertz CT molecular complexity index is 734. The first-order valence-electron chi connectivity index (χ1n) is 9.63. The number of likely N-dealkylation sites (tertiary alicyclic amines) is 1. The van der Waals surface area contributed by atoms with Gasteiger partial charge >= 0.3 is 0 Å². The molecule has 0 bridgehead atoms. The molecule has 0 aliphatic carbocycles. The first-order chi connectivity index (χ1) is 12.6. The number of ether oxygens (including phenoxy) is 1. The number of aromatic nitrogens is 2. The van der Waals surface area contributed by atoms with Crippen molar-refractivity contribution in [2.45, 2.75) is 33.1 Å². The van der Waals surface area contributed by atoms with Crippen molar-refractivity contribution in [1.82, 2.24) is 14.7 Å². The van der Waals surface area contributed by atoms with Crippen LogP contribution in [0.3, 0.4) is 0 Å². The van der Waals surface area contributed by atoms with Crippen LogP contribution in [0.15, 0.2) is 47.3 Å². The van der Waals surface area contributed by atoms with Crippen LogP contribution in [-0.2, 0) is 0 Å². The molecule has 1 saturated heterocycles. The van der Waals surface area contributed by atoms with Crippen molar-refractivity contribution in [2.24, 2.45) is 11.8 Å². The van der Waals surface area contributed by atoms with Crippen molar-refractivity contribution in [1.29, 1.82) is 0 Å². The minimum Gasteiger partial charge on any atom is -0.477 e. The molecule has 2 unspecified atom stereocenters. The quantitative estimate of drug-likeness (QED) is 0.715. The van der Waals surface area contributed by atoms with Gasteiger partial charge in [-0.05, 0) is 49.8 Å². The van der Waals surface area contributed by atoms with E-state index in [0.29, 0.717) is 12.5 Å². The van der Waals surface area contributed by atoms with Crippen LogP contribution in [0.1, 0.15) is 33.1 Å². The molecule has 1 aliphatic heterocycles. The minimum absolute atomic E-state index is 0.156. The summed E-state index contributed by atoms with van der Waals surface area (Å²) in [5, 5.41) is 4.32. The predicted octanol–water partition coefficient (Wildman–Crippen LogP) is 3.37. The summed E-state index contributed by atoms with van der Waals surface area (Å²) in [4.78, 5) is 14.6. The molecule has 0 amide bonds. The van der Waals surface area contributed by atoms with Crippen LogP contribution >= 0.6 is 0 Å². The Labute approximate surface area is 155 Å². The molecular weight excluding hydrogens is 326 g/mol. The van der Waals surface area contributed by atoms with Gasteiger partial charge in [0.2, 0.25) is 5.88 Å². The van der Waals surface area contributed by atoms with E-state index in [1.807, 2.05) is 30.3 Å². The summed E-state index contributed by atoms with van der Waals surface area (Å²) in [6.07, 6.45) is 3.46. The second kappa shape index (κ2) is 8.99. The van der Waals surface area contributed by atoms with E-state index in [2.05, 4.69) is 23.8 Å². The van der Waals surface area contributed by atoms with E-state index in [0.717, 1.165) is 36.9 Å². The van der Waals surface area contributed by atoms with E-state index in [-0.39, 0.29) is 5.56 Å². The second-order valence-corrected chi connectivity index (χ2v) is 7.52. The normalized spacial score (nSPS) is 20.8. The van der Waals surface area contributed by atoms with Gasteiger partial charge in [0.05, 0.1) is 12.3 Å². The van der Waals surface area contributed by atoms with Gasteiger partial charge in [0, 0.05) is 25.2 Å². The molecule has 1 aliphatic rings. The van der Waals surface area contributed by atoms with Crippen LogP contribution in [0.4, 0.5) is 0 Å². The van der Waals surface area contributed by atoms with Gasteiger partial charge in [-0.3, -0.25) is 4.79 Å². The molecule has 0 spiro atoms. The summed E-state index contributed by atoms with van der Waals surface area (Å²) >= 11 is 0. The highest BCUT2D eigenvalue weighted by atomic mass is 16.5. The summed E-state index contributed by atoms with van der Waals surface area (Å²) < 4.78 is 7.15. The Morgan fingerprint density at radius 3 is 2.50 bits per heavy atom. The summed E-state index contributed by atoms with van der Waals surface area (Å²) in [6.45, 7) is 8.88. The zero-order valence-corrected chi connectivity index (χ0v) is 15.8.